The zero-order valence-electron chi connectivity index (χ0n) is 15.3. The SMILES string of the molecule is O=[N+]([O-])c1ccc(N/N=C/c2cn(Cc3ccccc3Cl)c3ccccc23)cc1. The van der Waals surface area contributed by atoms with Crippen molar-refractivity contribution in [3.8, 4) is 0 Å². The van der Waals surface area contributed by atoms with Gasteiger partial charge in [0.1, 0.15) is 0 Å². The van der Waals surface area contributed by atoms with Crippen LogP contribution in [-0.2, 0) is 6.54 Å². The molecule has 0 atom stereocenters. The summed E-state index contributed by atoms with van der Waals surface area (Å²) in [6.45, 7) is 0.657. The minimum Gasteiger partial charge on any atom is -0.342 e. The zero-order valence-corrected chi connectivity index (χ0v) is 16.1. The molecule has 7 heteroatoms. The summed E-state index contributed by atoms with van der Waals surface area (Å²) in [6, 6.07) is 22.0. The summed E-state index contributed by atoms with van der Waals surface area (Å²) in [7, 11) is 0. The standard InChI is InChI=1S/C22H17ClN4O2/c23-21-7-3-1-5-16(21)14-26-15-17(20-6-2-4-8-22(20)26)13-24-25-18-9-11-19(12-10-18)27(28)29/h1-13,15,25H,14H2/b24-13+. The highest BCUT2D eigenvalue weighted by atomic mass is 35.5. The number of hydrogen-bond donors (Lipinski definition) is 1. The van der Waals surface area contributed by atoms with Crippen LogP contribution < -0.4 is 5.43 Å². The Balaban J connectivity index is 1.58. The van der Waals surface area contributed by atoms with Gasteiger partial charge in [0.15, 0.2) is 0 Å². The normalized spacial score (nSPS) is 11.2. The fourth-order valence-electron chi connectivity index (χ4n) is 3.15. The summed E-state index contributed by atoms with van der Waals surface area (Å²) in [5.41, 5.74) is 6.72. The predicted molar refractivity (Wildman–Crippen MR) is 117 cm³/mol. The molecule has 0 radical (unpaired) electrons. The first-order chi connectivity index (χ1) is 14.1. The smallest absolute Gasteiger partial charge is 0.269 e. The van der Waals surface area contributed by atoms with E-state index in [-0.39, 0.29) is 5.69 Å². The first-order valence-electron chi connectivity index (χ1n) is 8.96. The molecule has 0 saturated carbocycles. The number of rotatable bonds is 6. The maximum atomic E-state index is 10.7. The average molecular weight is 405 g/mol. The number of para-hydroxylation sites is 1. The summed E-state index contributed by atoms with van der Waals surface area (Å²) in [4.78, 5) is 10.3. The molecule has 0 spiro atoms. The van der Waals surface area contributed by atoms with Crippen molar-refractivity contribution in [2.75, 3.05) is 5.43 Å². The number of benzene rings is 3. The fourth-order valence-corrected chi connectivity index (χ4v) is 3.35. The highest BCUT2D eigenvalue weighted by Gasteiger charge is 2.09. The number of nitro groups is 1. The van der Waals surface area contributed by atoms with Crippen molar-refractivity contribution in [3.05, 3.63) is 105 Å². The van der Waals surface area contributed by atoms with E-state index in [9.17, 15) is 10.1 Å². The molecule has 29 heavy (non-hydrogen) atoms. The monoisotopic (exact) mass is 404 g/mol. The maximum Gasteiger partial charge on any atom is 0.269 e. The Morgan fingerprint density at radius 2 is 1.76 bits per heavy atom. The van der Waals surface area contributed by atoms with E-state index in [0.717, 1.165) is 27.1 Å². The van der Waals surface area contributed by atoms with Gasteiger partial charge < -0.3 is 4.57 Å². The van der Waals surface area contributed by atoms with Crippen LogP contribution in [0.2, 0.25) is 5.02 Å². The Morgan fingerprint density at radius 3 is 2.52 bits per heavy atom. The lowest BCUT2D eigenvalue weighted by molar-refractivity contribution is -0.384. The van der Waals surface area contributed by atoms with Crippen molar-refractivity contribution in [3.63, 3.8) is 0 Å². The van der Waals surface area contributed by atoms with Gasteiger partial charge in [0.05, 0.1) is 16.8 Å². The number of hydrazone groups is 1. The van der Waals surface area contributed by atoms with E-state index >= 15 is 0 Å². The van der Waals surface area contributed by atoms with Crippen LogP contribution >= 0.6 is 11.6 Å². The first kappa shape index (κ1) is 18.7. The molecular weight excluding hydrogens is 388 g/mol. The maximum absolute atomic E-state index is 10.7. The molecule has 1 N–H and O–H groups in total. The van der Waals surface area contributed by atoms with Gasteiger partial charge in [0, 0.05) is 46.4 Å². The van der Waals surface area contributed by atoms with Crippen molar-refractivity contribution in [1.82, 2.24) is 4.57 Å². The minimum absolute atomic E-state index is 0.0437. The van der Waals surface area contributed by atoms with Crippen LogP contribution in [0, 0.1) is 10.1 Å². The lowest BCUT2D eigenvalue weighted by Gasteiger charge is -2.07. The molecule has 0 amide bonds. The van der Waals surface area contributed by atoms with E-state index in [1.807, 2.05) is 48.7 Å². The van der Waals surface area contributed by atoms with Gasteiger partial charge >= 0.3 is 0 Å². The molecule has 0 aliphatic heterocycles. The van der Waals surface area contributed by atoms with Gasteiger partial charge in [-0.1, -0.05) is 48.0 Å². The number of hydrogen-bond acceptors (Lipinski definition) is 4. The molecule has 0 aliphatic carbocycles. The summed E-state index contributed by atoms with van der Waals surface area (Å²) in [6.07, 6.45) is 3.78. The van der Waals surface area contributed by atoms with Gasteiger partial charge in [0.2, 0.25) is 0 Å². The second-order valence-corrected chi connectivity index (χ2v) is 6.90. The Kier molecular flexibility index (Phi) is 5.27. The number of non-ortho nitro benzene ring substituents is 1. The summed E-state index contributed by atoms with van der Waals surface area (Å²) in [5.74, 6) is 0. The molecule has 3 aromatic carbocycles. The molecule has 4 rings (SSSR count). The van der Waals surface area contributed by atoms with Crippen LogP contribution in [0.1, 0.15) is 11.1 Å². The highest BCUT2D eigenvalue weighted by Crippen LogP contribution is 2.24. The first-order valence-corrected chi connectivity index (χ1v) is 9.34. The third-order valence-electron chi connectivity index (χ3n) is 4.59. The van der Waals surface area contributed by atoms with E-state index < -0.39 is 4.92 Å². The second kappa shape index (κ2) is 8.16. The fraction of sp³-hybridized carbons (Fsp3) is 0.0455. The number of aromatic nitrogens is 1. The number of nitro benzene ring substituents is 1. The molecule has 144 valence electrons. The van der Waals surface area contributed by atoms with Crippen molar-refractivity contribution in [2.24, 2.45) is 5.10 Å². The minimum atomic E-state index is -0.430. The van der Waals surface area contributed by atoms with Crippen LogP contribution in [-0.4, -0.2) is 15.7 Å². The molecule has 0 aliphatic rings. The number of fused-ring (bicyclic) bond motifs is 1. The van der Waals surface area contributed by atoms with Gasteiger partial charge in [-0.15, -0.1) is 0 Å². The molecule has 0 saturated heterocycles. The van der Waals surface area contributed by atoms with Gasteiger partial charge in [-0.2, -0.15) is 5.10 Å². The van der Waals surface area contributed by atoms with Gasteiger partial charge in [-0.25, -0.2) is 0 Å². The number of anilines is 1. The second-order valence-electron chi connectivity index (χ2n) is 6.49. The van der Waals surface area contributed by atoms with E-state index in [1.54, 1.807) is 18.3 Å². The van der Waals surface area contributed by atoms with Crippen molar-refractivity contribution >= 4 is 40.1 Å². The lowest BCUT2D eigenvalue weighted by Crippen LogP contribution is -1.98. The average Bonchev–Trinajstić information content (AvgIpc) is 3.08. The van der Waals surface area contributed by atoms with Crippen LogP contribution in [0.25, 0.3) is 10.9 Å². The van der Waals surface area contributed by atoms with Crippen LogP contribution in [0.3, 0.4) is 0 Å². The highest BCUT2D eigenvalue weighted by molar-refractivity contribution is 6.31. The van der Waals surface area contributed by atoms with Crippen LogP contribution in [0.5, 0.6) is 0 Å². The van der Waals surface area contributed by atoms with Crippen molar-refractivity contribution in [2.45, 2.75) is 6.54 Å². The Labute approximate surface area is 172 Å². The summed E-state index contributed by atoms with van der Waals surface area (Å²) in [5, 5.41) is 16.8. The van der Waals surface area contributed by atoms with Gasteiger partial charge in [0.25, 0.3) is 5.69 Å². The number of nitrogens with zero attached hydrogens (tertiary/aromatic N) is 3. The summed E-state index contributed by atoms with van der Waals surface area (Å²) < 4.78 is 2.14. The van der Waals surface area contributed by atoms with Crippen LogP contribution in [0.15, 0.2) is 84.1 Å². The number of nitrogens with one attached hydrogen (secondary N) is 1. The van der Waals surface area contributed by atoms with Crippen molar-refractivity contribution < 1.29 is 4.92 Å². The molecule has 0 unspecified atom stereocenters. The Morgan fingerprint density at radius 1 is 1.03 bits per heavy atom. The molecule has 1 aromatic heterocycles. The molecule has 0 fully saturated rings. The molecule has 4 aromatic rings. The zero-order chi connectivity index (χ0) is 20.2. The predicted octanol–water partition coefficient (Wildman–Crippen LogP) is 5.70. The molecule has 1 heterocycles. The number of halogens is 1. The quantitative estimate of drug-likeness (QED) is 0.254. The topological polar surface area (TPSA) is 72.5 Å². The Hall–Kier alpha value is -3.64. The molecule has 0 bridgehead atoms. The largest absolute Gasteiger partial charge is 0.342 e. The Bertz CT molecular complexity index is 1200. The van der Waals surface area contributed by atoms with Crippen molar-refractivity contribution in [1.29, 1.82) is 0 Å². The van der Waals surface area contributed by atoms with E-state index in [2.05, 4.69) is 21.2 Å². The third-order valence-corrected chi connectivity index (χ3v) is 4.96. The lowest BCUT2D eigenvalue weighted by atomic mass is 10.2. The van der Waals surface area contributed by atoms with E-state index in [1.165, 1.54) is 12.1 Å². The van der Waals surface area contributed by atoms with Crippen LogP contribution in [0.4, 0.5) is 11.4 Å². The van der Waals surface area contributed by atoms with E-state index in [0.29, 0.717) is 12.2 Å². The molecule has 6 nitrogen and oxygen atoms in total. The third kappa shape index (κ3) is 4.12. The summed E-state index contributed by atoms with van der Waals surface area (Å²) >= 11 is 6.32. The van der Waals surface area contributed by atoms with Gasteiger partial charge in [-0.05, 0) is 29.8 Å². The van der Waals surface area contributed by atoms with E-state index in [4.69, 9.17) is 11.6 Å². The molecular formula is C22H17ClN4O2. The van der Waals surface area contributed by atoms with Gasteiger partial charge in [-0.3, -0.25) is 15.5 Å².